The van der Waals surface area contributed by atoms with Crippen molar-refractivity contribution < 1.29 is 61.6 Å². The SMILES string of the molecule is CCCCC/C=C/CCCCCCCCCCCCCOC(=O)c1cccc(S(=O)(=O)[O-])c1C(=O)OCCCCCCCCCCCCC/C=C/CCCCC.[Na+]. The Labute approximate surface area is 372 Å². The molecule has 9 heteroatoms. The van der Waals surface area contributed by atoms with Gasteiger partial charge >= 0.3 is 41.5 Å². The molecule has 322 valence electrons. The molecule has 0 atom stereocenters. The van der Waals surface area contributed by atoms with Gasteiger partial charge in [-0.15, -0.1) is 0 Å². The van der Waals surface area contributed by atoms with Crippen LogP contribution in [0.3, 0.4) is 0 Å². The van der Waals surface area contributed by atoms with E-state index in [1.807, 2.05) is 0 Å². The molecule has 1 rings (SSSR count). The van der Waals surface area contributed by atoms with Crippen LogP contribution in [0.2, 0.25) is 0 Å². The molecule has 57 heavy (non-hydrogen) atoms. The molecule has 0 N–H and O–H groups in total. The molecular weight excluding hydrogens is 744 g/mol. The molecule has 0 heterocycles. The Balaban J connectivity index is 0.0000314. The second kappa shape index (κ2) is 40.0. The first-order valence-electron chi connectivity index (χ1n) is 23.1. The van der Waals surface area contributed by atoms with Gasteiger partial charge in [-0.3, -0.25) is 0 Å². The van der Waals surface area contributed by atoms with Gasteiger partial charge in [0.25, 0.3) is 0 Å². The third-order valence-corrected chi connectivity index (χ3v) is 11.4. The van der Waals surface area contributed by atoms with Crippen molar-refractivity contribution >= 4 is 22.1 Å². The van der Waals surface area contributed by atoms with Gasteiger partial charge in [0.1, 0.15) is 10.1 Å². The largest absolute Gasteiger partial charge is 1.00 e. The van der Waals surface area contributed by atoms with E-state index in [2.05, 4.69) is 38.2 Å². The van der Waals surface area contributed by atoms with Crippen molar-refractivity contribution in [3.8, 4) is 0 Å². The summed E-state index contributed by atoms with van der Waals surface area (Å²) in [5.41, 5.74) is -0.776. The normalized spacial score (nSPS) is 11.7. The minimum Gasteiger partial charge on any atom is -0.744 e. The number of benzene rings is 1. The maximum absolute atomic E-state index is 13.0. The van der Waals surface area contributed by atoms with Crippen molar-refractivity contribution in [1.29, 1.82) is 0 Å². The van der Waals surface area contributed by atoms with E-state index in [-0.39, 0.29) is 48.3 Å². The van der Waals surface area contributed by atoms with Crippen LogP contribution in [0.5, 0.6) is 0 Å². The smallest absolute Gasteiger partial charge is 0.744 e. The molecule has 0 spiro atoms. The van der Waals surface area contributed by atoms with E-state index in [9.17, 15) is 22.6 Å². The molecule has 0 bridgehead atoms. The summed E-state index contributed by atoms with van der Waals surface area (Å²) in [5, 5.41) is 0. The van der Waals surface area contributed by atoms with Gasteiger partial charge in [0, 0.05) is 0 Å². The molecule has 1 aromatic carbocycles. The number of rotatable bonds is 39. The first-order chi connectivity index (χ1) is 27.3. The van der Waals surface area contributed by atoms with Crippen LogP contribution in [0.1, 0.15) is 240 Å². The number of carbonyl (C=O) groups excluding carboxylic acids is 2. The van der Waals surface area contributed by atoms with E-state index >= 15 is 0 Å². The predicted molar refractivity (Wildman–Crippen MR) is 232 cm³/mol. The topological polar surface area (TPSA) is 110 Å². The number of carbonyl (C=O) groups is 2. The van der Waals surface area contributed by atoms with Gasteiger partial charge < -0.3 is 14.0 Å². The Bertz CT molecular complexity index is 1280. The average Bonchev–Trinajstić information content (AvgIpc) is 3.18. The van der Waals surface area contributed by atoms with Gasteiger partial charge in [0.15, 0.2) is 0 Å². The Morgan fingerprint density at radius 3 is 1.16 bits per heavy atom. The van der Waals surface area contributed by atoms with Crippen LogP contribution in [-0.2, 0) is 19.6 Å². The van der Waals surface area contributed by atoms with Crippen LogP contribution in [0.4, 0.5) is 0 Å². The van der Waals surface area contributed by atoms with Crippen LogP contribution in [-0.4, -0.2) is 38.1 Å². The molecular formula is C48H81NaO7S. The van der Waals surface area contributed by atoms with E-state index in [1.165, 1.54) is 166 Å². The molecule has 0 aliphatic carbocycles. The molecule has 0 aliphatic rings. The fourth-order valence-corrected chi connectivity index (χ4v) is 7.69. The molecule has 1 aromatic rings. The first kappa shape index (κ1) is 55.5. The van der Waals surface area contributed by atoms with Crippen LogP contribution >= 0.6 is 0 Å². The molecule has 0 saturated carbocycles. The maximum Gasteiger partial charge on any atom is 1.00 e. The number of ether oxygens (including phenoxy) is 2. The van der Waals surface area contributed by atoms with Gasteiger partial charge in [-0.05, 0) is 76.3 Å². The third-order valence-electron chi connectivity index (χ3n) is 10.5. The Morgan fingerprint density at radius 1 is 0.491 bits per heavy atom. The van der Waals surface area contributed by atoms with E-state index < -0.39 is 32.5 Å². The summed E-state index contributed by atoms with van der Waals surface area (Å²) in [6.07, 6.45) is 47.5. The molecule has 0 unspecified atom stereocenters. The summed E-state index contributed by atoms with van der Waals surface area (Å²) < 4.78 is 46.8. The van der Waals surface area contributed by atoms with Gasteiger partial charge in [-0.1, -0.05) is 185 Å². The molecule has 0 aromatic heterocycles. The molecule has 0 aliphatic heterocycles. The minimum atomic E-state index is -5.02. The monoisotopic (exact) mass is 825 g/mol. The summed E-state index contributed by atoms with van der Waals surface area (Å²) in [7, 11) is -5.02. The van der Waals surface area contributed by atoms with Crippen molar-refractivity contribution in [2.24, 2.45) is 0 Å². The molecule has 0 radical (unpaired) electrons. The Morgan fingerprint density at radius 2 is 0.807 bits per heavy atom. The fourth-order valence-electron chi connectivity index (χ4n) is 7.01. The Kier molecular flexibility index (Phi) is 39.0. The van der Waals surface area contributed by atoms with Gasteiger partial charge in [-0.25, -0.2) is 18.0 Å². The zero-order valence-corrected chi connectivity index (χ0v) is 39.7. The van der Waals surface area contributed by atoms with E-state index in [0.29, 0.717) is 12.8 Å². The standard InChI is InChI=1S/C48H82O7S.Na/c1-3-5-7-9-11-13-15-17-19-21-23-25-27-29-31-33-35-37-42-54-47(49)44-40-39-41-45(56(51,52)53)46(44)48(50)55-43-38-36-34-32-30-28-26-24-22-20-18-16-14-12-10-8-6-4-2;/h11-14,39-41H,3-10,15-38,42-43H2,1-2H3,(H,51,52,53);/q;+1/p-1/b13-11+,14-12+;. The average molecular weight is 825 g/mol. The van der Waals surface area contributed by atoms with E-state index in [1.54, 1.807) is 0 Å². The second-order valence-corrected chi connectivity index (χ2v) is 17.0. The van der Waals surface area contributed by atoms with Crippen LogP contribution in [0, 0.1) is 0 Å². The quantitative estimate of drug-likeness (QED) is 0.0214. The number of hydrogen-bond acceptors (Lipinski definition) is 7. The van der Waals surface area contributed by atoms with Crippen LogP contribution in [0.15, 0.2) is 47.4 Å². The summed E-state index contributed by atoms with van der Waals surface area (Å²) in [4.78, 5) is 25.2. The minimum absolute atomic E-state index is 0. The van der Waals surface area contributed by atoms with Crippen molar-refractivity contribution in [3.05, 3.63) is 53.6 Å². The van der Waals surface area contributed by atoms with Gasteiger partial charge in [-0.2, -0.15) is 0 Å². The van der Waals surface area contributed by atoms with Crippen molar-refractivity contribution in [3.63, 3.8) is 0 Å². The molecule has 0 fully saturated rings. The van der Waals surface area contributed by atoms with E-state index in [4.69, 9.17) is 9.47 Å². The van der Waals surface area contributed by atoms with E-state index in [0.717, 1.165) is 44.6 Å². The summed E-state index contributed by atoms with van der Waals surface area (Å²) in [6, 6.07) is 3.63. The fraction of sp³-hybridized carbons (Fsp3) is 0.750. The number of hydrogen-bond donors (Lipinski definition) is 0. The molecule has 0 saturated heterocycles. The van der Waals surface area contributed by atoms with Crippen molar-refractivity contribution in [2.75, 3.05) is 13.2 Å². The van der Waals surface area contributed by atoms with Gasteiger partial charge in [0.05, 0.1) is 29.2 Å². The third kappa shape index (κ3) is 32.1. The molecule has 0 amide bonds. The summed E-state index contributed by atoms with van der Waals surface area (Å²) in [5.74, 6) is -1.81. The predicted octanol–water partition coefficient (Wildman–Crippen LogP) is 11.5. The van der Waals surface area contributed by atoms with Crippen LogP contribution in [0.25, 0.3) is 0 Å². The zero-order chi connectivity index (χ0) is 40.8. The maximum atomic E-state index is 13.0. The number of allylic oxidation sites excluding steroid dienone is 4. The number of unbranched alkanes of at least 4 members (excludes halogenated alkanes) is 28. The van der Waals surface area contributed by atoms with Crippen molar-refractivity contribution in [2.45, 2.75) is 224 Å². The van der Waals surface area contributed by atoms with Gasteiger partial charge in [0.2, 0.25) is 0 Å². The molecule has 7 nitrogen and oxygen atoms in total. The van der Waals surface area contributed by atoms with Crippen molar-refractivity contribution in [1.82, 2.24) is 0 Å². The summed E-state index contributed by atoms with van der Waals surface area (Å²) >= 11 is 0. The summed E-state index contributed by atoms with van der Waals surface area (Å²) in [6.45, 7) is 4.73. The zero-order valence-electron chi connectivity index (χ0n) is 36.8. The number of esters is 2. The second-order valence-electron chi connectivity index (χ2n) is 15.7. The van der Waals surface area contributed by atoms with Crippen LogP contribution < -0.4 is 29.6 Å². The first-order valence-corrected chi connectivity index (χ1v) is 24.5. The Hall–Kier alpha value is -1.45.